The maximum absolute atomic E-state index is 12.8. The molecule has 0 spiro atoms. The van der Waals surface area contributed by atoms with E-state index in [1.54, 1.807) is 0 Å². The van der Waals surface area contributed by atoms with E-state index in [2.05, 4.69) is 0 Å². The topological polar surface area (TPSA) is 59.1 Å². The Labute approximate surface area is 115 Å². The van der Waals surface area contributed by atoms with Crippen molar-refractivity contribution in [3.8, 4) is 5.75 Å². The lowest BCUT2D eigenvalue weighted by Crippen LogP contribution is -2.22. The van der Waals surface area contributed by atoms with E-state index in [-0.39, 0.29) is 11.7 Å². The van der Waals surface area contributed by atoms with Gasteiger partial charge in [0.15, 0.2) is 0 Å². The van der Waals surface area contributed by atoms with Crippen LogP contribution in [0.15, 0.2) is 18.2 Å². The summed E-state index contributed by atoms with van der Waals surface area (Å²) in [5.41, 5.74) is 4.01. The third-order valence-corrected chi connectivity index (χ3v) is 3.44. The first kappa shape index (κ1) is 14.7. The molecular weight excluding hydrogens is 269 g/mol. The maximum atomic E-state index is 12.8. The largest absolute Gasteiger partial charge is 0.490 e. The van der Waals surface area contributed by atoms with E-state index in [9.17, 15) is 13.2 Å². The van der Waals surface area contributed by atoms with Gasteiger partial charge < -0.3 is 10.5 Å². The second-order valence-corrected chi connectivity index (χ2v) is 5.00. The molecule has 1 saturated carbocycles. The molecule has 0 bridgehead atoms. The lowest BCUT2D eigenvalue weighted by atomic mass is 9.97. The fourth-order valence-corrected chi connectivity index (χ4v) is 2.44. The fraction of sp³-hybridized carbons (Fsp3) is 0.500. The first-order chi connectivity index (χ1) is 9.38. The molecule has 1 aromatic carbocycles. The molecule has 1 aliphatic carbocycles. The molecule has 0 aromatic heterocycles. The summed E-state index contributed by atoms with van der Waals surface area (Å²) in [7, 11) is 0. The summed E-state index contributed by atoms with van der Waals surface area (Å²) >= 11 is 0. The highest BCUT2D eigenvalue weighted by Gasteiger charge is 2.34. The Morgan fingerprint density at radius 1 is 1.20 bits per heavy atom. The molecule has 0 radical (unpaired) electrons. The molecule has 0 amide bonds. The first-order valence-corrected chi connectivity index (χ1v) is 6.60. The molecule has 110 valence electrons. The van der Waals surface area contributed by atoms with Crippen LogP contribution >= 0.6 is 0 Å². The minimum Gasteiger partial charge on any atom is -0.490 e. The van der Waals surface area contributed by atoms with Crippen LogP contribution in [-0.2, 0) is 6.18 Å². The maximum Gasteiger partial charge on any atom is 0.417 e. The molecule has 2 rings (SSSR count). The van der Waals surface area contributed by atoms with Crippen molar-refractivity contribution in [2.45, 2.75) is 44.4 Å². The summed E-state index contributed by atoms with van der Waals surface area (Å²) in [5.74, 6) is -0.262. The van der Waals surface area contributed by atoms with Gasteiger partial charge in [0.25, 0.3) is 0 Å². The lowest BCUT2D eigenvalue weighted by Gasteiger charge is -2.23. The van der Waals surface area contributed by atoms with Gasteiger partial charge in [0.05, 0.1) is 11.7 Å². The molecule has 0 unspecified atom stereocenters. The van der Waals surface area contributed by atoms with E-state index in [4.69, 9.17) is 15.9 Å². The van der Waals surface area contributed by atoms with Crippen LogP contribution in [0.1, 0.15) is 43.2 Å². The molecule has 0 atom stereocenters. The SMILES string of the molecule is N=C(N)c1cc(OC2CCCCC2)ccc1C(F)(F)F. The van der Waals surface area contributed by atoms with Crippen molar-refractivity contribution in [2.24, 2.45) is 5.73 Å². The van der Waals surface area contributed by atoms with Crippen LogP contribution in [0.25, 0.3) is 0 Å². The van der Waals surface area contributed by atoms with Crippen molar-refractivity contribution in [1.29, 1.82) is 5.41 Å². The number of nitrogens with two attached hydrogens (primary N) is 1. The Kier molecular flexibility index (Phi) is 4.20. The lowest BCUT2D eigenvalue weighted by molar-refractivity contribution is -0.137. The molecule has 1 aromatic rings. The van der Waals surface area contributed by atoms with Gasteiger partial charge in [-0.15, -0.1) is 0 Å². The van der Waals surface area contributed by atoms with Gasteiger partial charge in [0, 0.05) is 5.56 Å². The van der Waals surface area contributed by atoms with Crippen molar-refractivity contribution in [3.63, 3.8) is 0 Å². The summed E-state index contributed by atoms with van der Waals surface area (Å²) in [6.07, 6.45) is 0.665. The molecule has 0 saturated heterocycles. The molecule has 3 nitrogen and oxygen atoms in total. The van der Waals surface area contributed by atoms with Gasteiger partial charge in [-0.2, -0.15) is 13.2 Å². The third-order valence-electron chi connectivity index (χ3n) is 3.44. The van der Waals surface area contributed by atoms with Crippen molar-refractivity contribution < 1.29 is 17.9 Å². The number of benzene rings is 1. The average molecular weight is 286 g/mol. The van der Waals surface area contributed by atoms with Crippen LogP contribution in [0.3, 0.4) is 0 Å². The number of hydrogen-bond acceptors (Lipinski definition) is 2. The van der Waals surface area contributed by atoms with Gasteiger partial charge in [-0.3, -0.25) is 5.41 Å². The number of rotatable bonds is 3. The van der Waals surface area contributed by atoms with Crippen LogP contribution in [-0.4, -0.2) is 11.9 Å². The number of nitrogens with one attached hydrogen (secondary N) is 1. The Morgan fingerprint density at radius 3 is 2.40 bits per heavy atom. The van der Waals surface area contributed by atoms with E-state index in [0.29, 0.717) is 5.75 Å². The van der Waals surface area contributed by atoms with Gasteiger partial charge in [0.2, 0.25) is 0 Å². The molecular formula is C14H17F3N2O. The normalized spacial score (nSPS) is 16.9. The monoisotopic (exact) mass is 286 g/mol. The second kappa shape index (κ2) is 5.73. The predicted molar refractivity (Wildman–Crippen MR) is 70.0 cm³/mol. The molecule has 1 aliphatic rings. The van der Waals surface area contributed by atoms with Crippen LogP contribution in [0.2, 0.25) is 0 Å². The number of halogens is 3. The molecule has 0 heterocycles. The minimum absolute atomic E-state index is 0.0419. The number of alkyl halides is 3. The van der Waals surface area contributed by atoms with E-state index < -0.39 is 17.6 Å². The quantitative estimate of drug-likeness (QED) is 0.657. The van der Waals surface area contributed by atoms with E-state index in [0.717, 1.165) is 31.7 Å². The highest BCUT2D eigenvalue weighted by Crippen LogP contribution is 2.34. The fourth-order valence-electron chi connectivity index (χ4n) is 2.44. The number of ether oxygens (including phenoxy) is 1. The zero-order chi connectivity index (χ0) is 14.8. The number of hydrogen-bond donors (Lipinski definition) is 2. The zero-order valence-corrected chi connectivity index (χ0v) is 11.0. The van der Waals surface area contributed by atoms with Gasteiger partial charge >= 0.3 is 6.18 Å². The van der Waals surface area contributed by atoms with Crippen LogP contribution in [0.4, 0.5) is 13.2 Å². The minimum atomic E-state index is -4.52. The Hall–Kier alpha value is -1.72. The Morgan fingerprint density at radius 2 is 1.85 bits per heavy atom. The zero-order valence-electron chi connectivity index (χ0n) is 11.0. The predicted octanol–water partition coefficient (Wildman–Crippen LogP) is 3.70. The highest BCUT2D eigenvalue weighted by atomic mass is 19.4. The standard InChI is InChI=1S/C14H17F3N2O/c15-14(16,17)12-7-6-10(8-11(12)13(18)19)20-9-4-2-1-3-5-9/h6-9H,1-5H2,(H3,18,19). The van der Waals surface area contributed by atoms with Crippen LogP contribution in [0, 0.1) is 5.41 Å². The molecule has 1 fully saturated rings. The molecule has 6 heteroatoms. The first-order valence-electron chi connectivity index (χ1n) is 6.60. The molecule has 3 N–H and O–H groups in total. The molecule has 20 heavy (non-hydrogen) atoms. The van der Waals surface area contributed by atoms with Gasteiger partial charge in [-0.25, -0.2) is 0 Å². The Balaban J connectivity index is 2.23. The van der Waals surface area contributed by atoms with Crippen LogP contribution < -0.4 is 10.5 Å². The summed E-state index contributed by atoms with van der Waals surface area (Å²) in [6, 6.07) is 3.43. The van der Waals surface area contributed by atoms with Crippen molar-refractivity contribution >= 4 is 5.84 Å². The Bertz CT molecular complexity index is 494. The number of amidine groups is 1. The van der Waals surface area contributed by atoms with Gasteiger partial charge in [-0.05, 0) is 43.9 Å². The van der Waals surface area contributed by atoms with Crippen molar-refractivity contribution in [1.82, 2.24) is 0 Å². The molecule has 0 aliphatic heterocycles. The van der Waals surface area contributed by atoms with Gasteiger partial charge in [0.1, 0.15) is 11.6 Å². The van der Waals surface area contributed by atoms with Crippen molar-refractivity contribution in [2.75, 3.05) is 0 Å². The second-order valence-electron chi connectivity index (χ2n) is 5.00. The number of nitrogen functional groups attached to an aromatic ring is 1. The average Bonchev–Trinajstić information content (AvgIpc) is 2.38. The van der Waals surface area contributed by atoms with E-state index in [1.807, 2.05) is 0 Å². The summed E-state index contributed by atoms with van der Waals surface area (Å²) in [6.45, 7) is 0. The van der Waals surface area contributed by atoms with Crippen LogP contribution in [0.5, 0.6) is 5.75 Å². The van der Waals surface area contributed by atoms with E-state index >= 15 is 0 Å². The highest BCUT2D eigenvalue weighted by molar-refractivity contribution is 5.97. The summed E-state index contributed by atoms with van der Waals surface area (Å²) < 4.78 is 44.1. The summed E-state index contributed by atoms with van der Waals surface area (Å²) in [4.78, 5) is 0. The third kappa shape index (κ3) is 3.43. The summed E-state index contributed by atoms with van der Waals surface area (Å²) in [5, 5.41) is 7.29. The smallest absolute Gasteiger partial charge is 0.417 e. The van der Waals surface area contributed by atoms with Crippen molar-refractivity contribution in [3.05, 3.63) is 29.3 Å². The van der Waals surface area contributed by atoms with E-state index in [1.165, 1.54) is 18.6 Å². The van der Waals surface area contributed by atoms with Gasteiger partial charge in [-0.1, -0.05) is 6.42 Å².